The van der Waals surface area contributed by atoms with E-state index < -0.39 is 0 Å². The lowest BCUT2D eigenvalue weighted by atomic mass is 10.2. The van der Waals surface area contributed by atoms with Crippen LogP contribution in [0.25, 0.3) is 0 Å². The van der Waals surface area contributed by atoms with E-state index >= 15 is 0 Å². The highest BCUT2D eigenvalue weighted by molar-refractivity contribution is 6.30. The first kappa shape index (κ1) is 12.8. The Hall–Kier alpha value is -1.26. The summed E-state index contributed by atoms with van der Waals surface area (Å²) in [5, 5.41) is 12.2. The van der Waals surface area contributed by atoms with E-state index in [0.717, 1.165) is 0 Å². The van der Waals surface area contributed by atoms with Crippen LogP contribution in [0.15, 0.2) is 18.2 Å². The third-order valence-corrected chi connectivity index (χ3v) is 2.16. The van der Waals surface area contributed by atoms with Crippen molar-refractivity contribution in [1.29, 1.82) is 0 Å². The van der Waals surface area contributed by atoms with Crippen LogP contribution in [0.2, 0.25) is 5.02 Å². The largest absolute Gasteiger partial charge is 0.483 e. The Labute approximate surface area is 99.2 Å². The molecule has 1 amide bonds. The predicted molar refractivity (Wildman–Crippen MR) is 61.6 cm³/mol. The molecule has 0 heterocycles. The molecule has 88 valence electrons. The number of aliphatic hydroxyl groups excluding tert-OH is 1. The molecular weight excluding hydrogens is 230 g/mol. The molecule has 0 fully saturated rings. The lowest BCUT2D eigenvalue weighted by molar-refractivity contribution is -0.123. The van der Waals surface area contributed by atoms with E-state index in [-0.39, 0.29) is 19.1 Å². The highest BCUT2D eigenvalue weighted by Gasteiger charge is 2.06. The maximum Gasteiger partial charge on any atom is 0.257 e. The smallest absolute Gasteiger partial charge is 0.257 e. The zero-order valence-corrected chi connectivity index (χ0v) is 9.75. The highest BCUT2D eigenvalue weighted by Crippen LogP contribution is 2.22. The van der Waals surface area contributed by atoms with E-state index in [4.69, 9.17) is 21.4 Å². The van der Waals surface area contributed by atoms with Crippen LogP contribution in [0.1, 0.15) is 12.5 Å². The first-order chi connectivity index (χ1) is 7.67. The summed E-state index contributed by atoms with van der Waals surface area (Å²) in [5.74, 6) is 0.277. The van der Waals surface area contributed by atoms with Crippen molar-refractivity contribution in [2.24, 2.45) is 0 Å². The molecule has 0 unspecified atom stereocenters. The van der Waals surface area contributed by atoms with Crippen LogP contribution in [0.4, 0.5) is 0 Å². The number of hydrogen-bond acceptors (Lipinski definition) is 3. The fraction of sp³-hybridized carbons (Fsp3) is 0.364. The summed E-state index contributed by atoms with van der Waals surface area (Å²) in [6.45, 7) is 2.16. The van der Waals surface area contributed by atoms with Gasteiger partial charge in [-0.3, -0.25) is 4.79 Å². The molecule has 0 radical (unpaired) electrons. The molecule has 0 aliphatic rings. The number of halogens is 1. The zero-order chi connectivity index (χ0) is 12.0. The van der Waals surface area contributed by atoms with Crippen LogP contribution in [0, 0.1) is 0 Å². The molecule has 0 bridgehead atoms. The molecule has 1 rings (SSSR count). The summed E-state index contributed by atoms with van der Waals surface area (Å²) < 4.78 is 5.27. The molecule has 16 heavy (non-hydrogen) atoms. The molecule has 0 spiro atoms. The van der Waals surface area contributed by atoms with Gasteiger partial charge in [-0.2, -0.15) is 0 Å². The number of benzene rings is 1. The molecule has 0 saturated carbocycles. The Balaban J connectivity index is 2.63. The molecule has 1 aromatic carbocycles. The summed E-state index contributed by atoms with van der Waals surface area (Å²) >= 11 is 5.76. The summed E-state index contributed by atoms with van der Waals surface area (Å²) in [6.07, 6.45) is 0. The molecule has 1 aromatic rings. The van der Waals surface area contributed by atoms with Crippen molar-refractivity contribution in [3.05, 3.63) is 28.8 Å². The van der Waals surface area contributed by atoms with E-state index in [9.17, 15) is 4.79 Å². The summed E-state index contributed by atoms with van der Waals surface area (Å²) in [5.41, 5.74) is 0.566. The fourth-order valence-corrected chi connectivity index (χ4v) is 1.40. The molecule has 0 atom stereocenters. The maximum absolute atomic E-state index is 11.2. The van der Waals surface area contributed by atoms with Crippen molar-refractivity contribution in [2.75, 3.05) is 13.2 Å². The van der Waals surface area contributed by atoms with Crippen molar-refractivity contribution in [3.63, 3.8) is 0 Å². The minimum Gasteiger partial charge on any atom is -0.483 e. The van der Waals surface area contributed by atoms with Gasteiger partial charge in [-0.05, 0) is 25.1 Å². The number of carbonyl (C=O) groups is 1. The van der Waals surface area contributed by atoms with Crippen LogP contribution < -0.4 is 10.1 Å². The SMILES string of the molecule is CCNC(=O)COc1ccc(Cl)cc1CO. The predicted octanol–water partition coefficient (Wildman–Crippen LogP) is 1.35. The Morgan fingerprint density at radius 2 is 2.31 bits per heavy atom. The van der Waals surface area contributed by atoms with Gasteiger partial charge in [-0.15, -0.1) is 0 Å². The summed E-state index contributed by atoms with van der Waals surface area (Å²) in [6, 6.07) is 4.88. The third-order valence-electron chi connectivity index (χ3n) is 1.93. The second-order valence-electron chi connectivity index (χ2n) is 3.15. The molecular formula is C11H14ClNO3. The standard InChI is InChI=1S/C11H14ClNO3/c1-2-13-11(15)7-16-10-4-3-9(12)5-8(10)6-14/h3-5,14H,2,6-7H2,1H3,(H,13,15). The number of aliphatic hydroxyl groups is 1. The van der Waals surface area contributed by atoms with Crippen molar-refractivity contribution in [1.82, 2.24) is 5.32 Å². The van der Waals surface area contributed by atoms with E-state index in [2.05, 4.69) is 5.32 Å². The minimum atomic E-state index is -0.193. The van der Waals surface area contributed by atoms with Crippen molar-refractivity contribution in [3.8, 4) is 5.75 Å². The second kappa shape index (κ2) is 6.35. The maximum atomic E-state index is 11.2. The Morgan fingerprint density at radius 3 is 2.94 bits per heavy atom. The minimum absolute atomic E-state index is 0.0670. The van der Waals surface area contributed by atoms with Gasteiger partial charge < -0.3 is 15.2 Å². The summed E-state index contributed by atoms with van der Waals surface area (Å²) in [7, 11) is 0. The van der Waals surface area contributed by atoms with Crippen molar-refractivity contribution >= 4 is 17.5 Å². The van der Waals surface area contributed by atoms with Crippen molar-refractivity contribution in [2.45, 2.75) is 13.5 Å². The third kappa shape index (κ3) is 3.72. The van der Waals surface area contributed by atoms with Crippen LogP contribution >= 0.6 is 11.6 Å². The first-order valence-electron chi connectivity index (χ1n) is 4.96. The Bertz CT molecular complexity index is 368. The second-order valence-corrected chi connectivity index (χ2v) is 3.59. The van der Waals surface area contributed by atoms with Crippen LogP contribution in [-0.4, -0.2) is 24.2 Å². The number of ether oxygens (including phenoxy) is 1. The highest BCUT2D eigenvalue weighted by atomic mass is 35.5. The normalized spacial score (nSPS) is 9.94. The quantitative estimate of drug-likeness (QED) is 0.821. The monoisotopic (exact) mass is 243 g/mol. The Morgan fingerprint density at radius 1 is 1.56 bits per heavy atom. The lowest BCUT2D eigenvalue weighted by Gasteiger charge is -2.10. The van der Waals surface area contributed by atoms with Gasteiger partial charge >= 0.3 is 0 Å². The molecule has 4 nitrogen and oxygen atoms in total. The average molecular weight is 244 g/mol. The average Bonchev–Trinajstić information content (AvgIpc) is 2.27. The van der Waals surface area contributed by atoms with Gasteiger partial charge in [0.15, 0.2) is 6.61 Å². The number of carbonyl (C=O) groups excluding carboxylic acids is 1. The van der Waals surface area contributed by atoms with Crippen LogP contribution in [-0.2, 0) is 11.4 Å². The van der Waals surface area contributed by atoms with E-state index in [1.807, 2.05) is 6.92 Å². The molecule has 5 heteroatoms. The van der Waals surface area contributed by atoms with E-state index in [1.165, 1.54) is 0 Å². The van der Waals surface area contributed by atoms with Gasteiger partial charge in [-0.1, -0.05) is 11.6 Å². The number of amides is 1. The molecule has 0 aromatic heterocycles. The van der Waals surface area contributed by atoms with E-state index in [0.29, 0.717) is 22.9 Å². The number of rotatable bonds is 5. The first-order valence-corrected chi connectivity index (χ1v) is 5.34. The Kier molecular flexibility index (Phi) is 5.08. The molecule has 2 N–H and O–H groups in total. The topological polar surface area (TPSA) is 58.6 Å². The molecule has 0 aliphatic carbocycles. The van der Waals surface area contributed by atoms with Gasteiger partial charge in [0.1, 0.15) is 5.75 Å². The number of nitrogens with one attached hydrogen (secondary N) is 1. The van der Waals surface area contributed by atoms with Crippen molar-refractivity contribution < 1.29 is 14.6 Å². The van der Waals surface area contributed by atoms with Gasteiger partial charge in [-0.25, -0.2) is 0 Å². The molecule has 0 saturated heterocycles. The van der Waals surface area contributed by atoms with Gasteiger partial charge in [0, 0.05) is 17.1 Å². The van der Waals surface area contributed by atoms with Crippen LogP contribution in [0.3, 0.4) is 0 Å². The van der Waals surface area contributed by atoms with Crippen LogP contribution in [0.5, 0.6) is 5.75 Å². The van der Waals surface area contributed by atoms with Gasteiger partial charge in [0.05, 0.1) is 6.61 Å². The number of likely N-dealkylation sites (N-methyl/N-ethyl adjacent to an activating group) is 1. The van der Waals surface area contributed by atoms with E-state index in [1.54, 1.807) is 18.2 Å². The zero-order valence-electron chi connectivity index (χ0n) is 9.00. The van der Waals surface area contributed by atoms with Gasteiger partial charge in [0.2, 0.25) is 0 Å². The lowest BCUT2D eigenvalue weighted by Crippen LogP contribution is -2.28. The fourth-order valence-electron chi connectivity index (χ4n) is 1.20. The summed E-state index contributed by atoms with van der Waals surface area (Å²) in [4.78, 5) is 11.2. The van der Waals surface area contributed by atoms with Gasteiger partial charge in [0.25, 0.3) is 5.91 Å². The molecule has 0 aliphatic heterocycles. The number of hydrogen-bond donors (Lipinski definition) is 2.